The number of rotatable bonds is 2. The molecule has 1 aliphatic rings. The predicted octanol–water partition coefficient (Wildman–Crippen LogP) is 3.66. The van der Waals surface area contributed by atoms with Crippen molar-refractivity contribution < 1.29 is 0 Å². The molecule has 16 heavy (non-hydrogen) atoms. The van der Waals surface area contributed by atoms with Crippen molar-refractivity contribution in [2.75, 3.05) is 5.32 Å². The minimum Gasteiger partial charge on any atom is -0.382 e. The van der Waals surface area contributed by atoms with Crippen LogP contribution in [-0.2, 0) is 0 Å². The van der Waals surface area contributed by atoms with Crippen LogP contribution in [0.3, 0.4) is 0 Å². The van der Waals surface area contributed by atoms with Crippen molar-refractivity contribution in [1.82, 2.24) is 0 Å². The lowest BCUT2D eigenvalue weighted by Gasteiger charge is -2.28. The van der Waals surface area contributed by atoms with Crippen LogP contribution in [0.15, 0.2) is 24.3 Å². The van der Waals surface area contributed by atoms with E-state index in [2.05, 4.69) is 37.2 Å². The zero-order valence-electron chi connectivity index (χ0n) is 10.1. The van der Waals surface area contributed by atoms with E-state index in [1.807, 2.05) is 12.1 Å². The average molecular weight is 213 g/mol. The van der Waals surface area contributed by atoms with Gasteiger partial charge >= 0.3 is 0 Å². The van der Waals surface area contributed by atoms with Crippen molar-refractivity contribution in [3.8, 4) is 12.3 Å². The van der Waals surface area contributed by atoms with E-state index in [0.717, 1.165) is 11.3 Å². The lowest BCUT2D eigenvalue weighted by molar-refractivity contribution is 0.350. The summed E-state index contributed by atoms with van der Waals surface area (Å²) in [4.78, 5) is 0. The standard InChI is InChI=1S/C15H19N/c1-4-12-7-5-8-13(11-12)16-14-9-6-10-15(14,2)3/h1,5,7-8,11,14,16H,6,9-10H2,2-3H3. The first-order valence-electron chi connectivity index (χ1n) is 5.95. The molecule has 1 aromatic rings. The topological polar surface area (TPSA) is 12.0 Å². The predicted molar refractivity (Wildman–Crippen MR) is 69.4 cm³/mol. The minimum atomic E-state index is 0.395. The van der Waals surface area contributed by atoms with Crippen molar-refractivity contribution in [1.29, 1.82) is 0 Å². The van der Waals surface area contributed by atoms with Crippen LogP contribution in [0.1, 0.15) is 38.7 Å². The first-order chi connectivity index (χ1) is 7.62. The van der Waals surface area contributed by atoms with Crippen molar-refractivity contribution >= 4 is 5.69 Å². The highest BCUT2D eigenvalue weighted by molar-refractivity contribution is 5.50. The fraction of sp³-hybridized carbons (Fsp3) is 0.467. The Morgan fingerprint density at radius 3 is 2.88 bits per heavy atom. The summed E-state index contributed by atoms with van der Waals surface area (Å²) in [6.07, 6.45) is 9.28. The van der Waals surface area contributed by atoms with E-state index in [9.17, 15) is 0 Å². The summed E-state index contributed by atoms with van der Waals surface area (Å²) in [7, 11) is 0. The summed E-state index contributed by atoms with van der Waals surface area (Å²) >= 11 is 0. The van der Waals surface area contributed by atoms with Gasteiger partial charge in [-0.1, -0.05) is 32.3 Å². The van der Waals surface area contributed by atoms with Gasteiger partial charge < -0.3 is 5.32 Å². The summed E-state index contributed by atoms with van der Waals surface area (Å²) in [5, 5.41) is 3.61. The number of anilines is 1. The number of hydrogen-bond acceptors (Lipinski definition) is 1. The summed E-state index contributed by atoms with van der Waals surface area (Å²) in [5.41, 5.74) is 2.49. The van der Waals surface area contributed by atoms with Gasteiger partial charge in [0, 0.05) is 17.3 Å². The molecule has 1 fully saturated rings. The van der Waals surface area contributed by atoms with Crippen LogP contribution in [0.4, 0.5) is 5.69 Å². The molecule has 0 radical (unpaired) electrons. The lowest BCUT2D eigenvalue weighted by atomic mass is 9.87. The Kier molecular flexibility index (Phi) is 2.92. The van der Waals surface area contributed by atoms with Gasteiger partial charge in [-0.25, -0.2) is 0 Å². The summed E-state index contributed by atoms with van der Waals surface area (Å²) in [5.74, 6) is 2.67. The maximum atomic E-state index is 5.40. The molecule has 84 valence electrons. The van der Waals surface area contributed by atoms with Gasteiger partial charge in [-0.2, -0.15) is 0 Å². The zero-order valence-corrected chi connectivity index (χ0v) is 10.1. The van der Waals surface area contributed by atoms with E-state index in [4.69, 9.17) is 6.42 Å². The van der Waals surface area contributed by atoms with Crippen LogP contribution in [0, 0.1) is 17.8 Å². The van der Waals surface area contributed by atoms with Crippen LogP contribution in [-0.4, -0.2) is 6.04 Å². The first kappa shape index (κ1) is 11.1. The number of benzene rings is 1. The second kappa shape index (κ2) is 4.22. The van der Waals surface area contributed by atoms with Gasteiger partial charge in [0.1, 0.15) is 0 Å². The molecule has 1 aliphatic carbocycles. The number of nitrogens with one attached hydrogen (secondary N) is 1. The quantitative estimate of drug-likeness (QED) is 0.739. The molecule has 0 amide bonds. The summed E-state index contributed by atoms with van der Waals surface area (Å²) < 4.78 is 0. The van der Waals surface area contributed by atoms with Gasteiger partial charge in [0.25, 0.3) is 0 Å². The Morgan fingerprint density at radius 2 is 2.25 bits per heavy atom. The summed E-state index contributed by atoms with van der Waals surface area (Å²) in [6, 6.07) is 8.69. The largest absolute Gasteiger partial charge is 0.382 e. The van der Waals surface area contributed by atoms with Crippen molar-refractivity contribution in [3.63, 3.8) is 0 Å². The molecule has 0 aliphatic heterocycles. The van der Waals surface area contributed by atoms with Gasteiger partial charge in [-0.05, 0) is 36.5 Å². The van der Waals surface area contributed by atoms with Crippen molar-refractivity contribution in [3.05, 3.63) is 29.8 Å². The third-order valence-corrected chi connectivity index (χ3v) is 3.63. The molecule has 1 heteroatoms. The van der Waals surface area contributed by atoms with Gasteiger partial charge in [-0.15, -0.1) is 6.42 Å². The minimum absolute atomic E-state index is 0.395. The molecular weight excluding hydrogens is 194 g/mol. The highest BCUT2D eigenvalue weighted by Crippen LogP contribution is 2.38. The van der Waals surface area contributed by atoms with E-state index < -0.39 is 0 Å². The SMILES string of the molecule is C#Cc1cccc(NC2CCCC2(C)C)c1. The fourth-order valence-electron chi connectivity index (χ4n) is 2.49. The third-order valence-electron chi connectivity index (χ3n) is 3.63. The molecule has 1 unspecified atom stereocenters. The van der Waals surface area contributed by atoms with Gasteiger partial charge in [-0.3, -0.25) is 0 Å². The normalized spacial score (nSPS) is 22.7. The average Bonchev–Trinajstić information content (AvgIpc) is 2.59. The number of hydrogen-bond donors (Lipinski definition) is 1. The molecule has 1 atom stereocenters. The maximum Gasteiger partial charge on any atom is 0.0355 e. The van der Waals surface area contributed by atoms with E-state index >= 15 is 0 Å². The molecule has 1 N–H and O–H groups in total. The highest BCUT2D eigenvalue weighted by Gasteiger charge is 2.34. The van der Waals surface area contributed by atoms with E-state index in [0.29, 0.717) is 11.5 Å². The van der Waals surface area contributed by atoms with Crippen LogP contribution in [0.2, 0.25) is 0 Å². The Morgan fingerprint density at radius 1 is 1.44 bits per heavy atom. The van der Waals surface area contributed by atoms with Crippen LogP contribution < -0.4 is 5.32 Å². The first-order valence-corrected chi connectivity index (χ1v) is 5.95. The monoisotopic (exact) mass is 213 g/mol. The Bertz CT molecular complexity index is 412. The summed E-state index contributed by atoms with van der Waals surface area (Å²) in [6.45, 7) is 4.67. The lowest BCUT2D eigenvalue weighted by Crippen LogP contribution is -2.30. The highest BCUT2D eigenvalue weighted by atomic mass is 14.9. The van der Waals surface area contributed by atoms with E-state index in [1.54, 1.807) is 0 Å². The molecule has 2 rings (SSSR count). The molecule has 1 aromatic carbocycles. The van der Waals surface area contributed by atoms with E-state index in [-0.39, 0.29) is 0 Å². The Balaban J connectivity index is 2.12. The molecular formula is C15H19N. The molecule has 0 bridgehead atoms. The zero-order chi connectivity index (χ0) is 11.6. The molecule has 0 spiro atoms. The smallest absolute Gasteiger partial charge is 0.0355 e. The van der Waals surface area contributed by atoms with Crippen LogP contribution in [0.5, 0.6) is 0 Å². The maximum absolute atomic E-state index is 5.40. The fourth-order valence-corrected chi connectivity index (χ4v) is 2.49. The Labute approximate surface area is 98.3 Å². The molecule has 0 heterocycles. The van der Waals surface area contributed by atoms with Crippen molar-refractivity contribution in [2.24, 2.45) is 5.41 Å². The van der Waals surface area contributed by atoms with E-state index in [1.165, 1.54) is 19.3 Å². The second-order valence-electron chi connectivity index (χ2n) is 5.30. The Hall–Kier alpha value is -1.42. The molecule has 1 nitrogen and oxygen atoms in total. The van der Waals surface area contributed by atoms with Gasteiger partial charge in [0.2, 0.25) is 0 Å². The number of terminal acetylenes is 1. The van der Waals surface area contributed by atoms with Gasteiger partial charge in [0.05, 0.1) is 0 Å². The molecule has 1 saturated carbocycles. The van der Waals surface area contributed by atoms with Crippen LogP contribution >= 0.6 is 0 Å². The molecule has 0 saturated heterocycles. The third kappa shape index (κ3) is 2.22. The molecule has 0 aromatic heterocycles. The second-order valence-corrected chi connectivity index (χ2v) is 5.30. The van der Waals surface area contributed by atoms with Crippen LogP contribution in [0.25, 0.3) is 0 Å². The van der Waals surface area contributed by atoms with Crippen molar-refractivity contribution in [2.45, 2.75) is 39.2 Å². The van der Waals surface area contributed by atoms with Gasteiger partial charge in [0.15, 0.2) is 0 Å².